The van der Waals surface area contributed by atoms with Gasteiger partial charge in [-0.2, -0.15) is 10.4 Å². The molecule has 0 spiro atoms. The second kappa shape index (κ2) is 15.2. The van der Waals surface area contributed by atoms with Crippen LogP contribution in [-0.2, 0) is 16.9 Å². The van der Waals surface area contributed by atoms with Gasteiger partial charge in [-0.25, -0.2) is 4.37 Å². The number of aromatic nitrogens is 3. The third-order valence-corrected chi connectivity index (χ3v) is 8.43. The van der Waals surface area contributed by atoms with E-state index in [4.69, 9.17) is 5.73 Å². The first-order valence-corrected chi connectivity index (χ1v) is 15.6. The first-order valence-electron chi connectivity index (χ1n) is 14.7. The molecule has 4 aromatic rings. The van der Waals surface area contributed by atoms with Crippen LogP contribution in [0, 0.1) is 11.3 Å². The topological polar surface area (TPSA) is 130 Å². The maximum Gasteiger partial charge on any atom is 0.254 e. The van der Waals surface area contributed by atoms with Crippen molar-refractivity contribution < 1.29 is 9.59 Å². The summed E-state index contributed by atoms with van der Waals surface area (Å²) in [6, 6.07) is 21.2. The maximum absolute atomic E-state index is 11.8. The van der Waals surface area contributed by atoms with Gasteiger partial charge in [-0.15, -0.1) is 0 Å². The van der Waals surface area contributed by atoms with E-state index in [9.17, 15) is 14.9 Å². The van der Waals surface area contributed by atoms with Gasteiger partial charge in [-0.3, -0.25) is 19.2 Å². The molecule has 2 aromatic carbocycles. The number of hydrogen-bond donors (Lipinski definition) is 2. The molecule has 9 nitrogen and oxygen atoms in total. The molecule has 0 bridgehead atoms. The molecule has 2 amide bonds. The van der Waals surface area contributed by atoms with E-state index in [1.54, 1.807) is 22.4 Å². The highest BCUT2D eigenvalue weighted by Gasteiger charge is 2.38. The van der Waals surface area contributed by atoms with Crippen molar-refractivity contribution in [1.29, 1.82) is 5.26 Å². The molecule has 1 aliphatic carbocycles. The lowest BCUT2D eigenvalue weighted by molar-refractivity contribution is -0.105. The van der Waals surface area contributed by atoms with Gasteiger partial charge in [0.15, 0.2) is 5.82 Å². The third kappa shape index (κ3) is 8.15. The summed E-state index contributed by atoms with van der Waals surface area (Å²) in [5.41, 5.74) is 10.1. The highest BCUT2D eigenvalue weighted by Crippen LogP contribution is 2.40. The Balaban J connectivity index is 0.000000357. The minimum absolute atomic E-state index is 0.121. The minimum Gasteiger partial charge on any atom is -0.365 e. The van der Waals surface area contributed by atoms with Crippen LogP contribution in [0.25, 0.3) is 11.1 Å². The number of nitrogens with two attached hydrogens (primary N) is 1. The maximum atomic E-state index is 11.8. The number of carbonyl (C=O) groups excluding carboxylic acids is 2. The van der Waals surface area contributed by atoms with Crippen LogP contribution in [0.15, 0.2) is 72.4 Å². The molecule has 6 rings (SSSR count). The summed E-state index contributed by atoms with van der Waals surface area (Å²) in [6.45, 7) is 6.38. The summed E-state index contributed by atoms with van der Waals surface area (Å²) >= 11 is 1.56. The summed E-state index contributed by atoms with van der Waals surface area (Å²) in [6.07, 6.45) is 8.42. The van der Waals surface area contributed by atoms with Crippen molar-refractivity contribution in [3.63, 3.8) is 0 Å². The Morgan fingerprint density at radius 1 is 1.12 bits per heavy atom. The molecule has 3 N–H and O–H groups in total. The van der Waals surface area contributed by atoms with E-state index in [1.165, 1.54) is 35.1 Å². The van der Waals surface area contributed by atoms with E-state index in [0.29, 0.717) is 19.3 Å². The lowest BCUT2D eigenvalue weighted by Gasteiger charge is -2.40. The highest BCUT2D eigenvalue weighted by molar-refractivity contribution is 7.03. The predicted octanol–water partition coefficient (Wildman–Crippen LogP) is 6.17. The molecule has 2 aliphatic rings. The second-order valence-electron chi connectivity index (χ2n) is 10.6. The number of nitrogens with one attached hydrogen (secondary N) is 1. The fourth-order valence-electron chi connectivity index (χ4n) is 5.24. The Morgan fingerprint density at radius 2 is 1.79 bits per heavy atom. The number of primary amides is 1. The SMILES string of the molecule is CC.N#CCC1(n2cc(C(N)=O)c(NC=O)n2)CCN(Cc2ccc(-c3ccccc3)cc2)CC1.c1nscc1C1CC1. The zero-order valence-corrected chi connectivity index (χ0v) is 25.6. The van der Waals surface area contributed by atoms with Crippen molar-refractivity contribution in [2.75, 3.05) is 18.4 Å². The first-order chi connectivity index (χ1) is 21.0. The number of piperidine rings is 1. The lowest BCUT2D eigenvalue weighted by Crippen LogP contribution is -2.46. The Bertz CT molecular complexity index is 1480. The molecule has 0 radical (unpaired) electrons. The van der Waals surface area contributed by atoms with Crippen LogP contribution in [0.5, 0.6) is 0 Å². The first kappa shape index (κ1) is 31.6. The average molecular weight is 598 g/mol. The van der Waals surface area contributed by atoms with Gasteiger partial charge >= 0.3 is 0 Å². The van der Waals surface area contributed by atoms with E-state index in [2.05, 4.69) is 67.5 Å². The molecule has 2 aromatic heterocycles. The molecule has 2 fully saturated rings. The summed E-state index contributed by atoms with van der Waals surface area (Å²) in [5.74, 6) is 0.332. The number of amides is 2. The van der Waals surface area contributed by atoms with Crippen molar-refractivity contribution in [2.45, 2.75) is 64.0 Å². The molecular formula is C33H39N7O2S. The van der Waals surface area contributed by atoms with E-state index in [-0.39, 0.29) is 17.8 Å². The number of nitrogens with zero attached hydrogens (tertiary/aromatic N) is 5. The Hall–Kier alpha value is -4.33. The molecule has 0 atom stereocenters. The van der Waals surface area contributed by atoms with Gasteiger partial charge in [0.1, 0.15) is 5.56 Å². The molecule has 10 heteroatoms. The van der Waals surface area contributed by atoms with Crippen molar-refractivity contribution in [1.82, 2.24) is 19.1 Å². The normalized spacial score (nSPS) is 15.6. The van der Waals surface area contributed by atoms with Crippen molar-refractivity contribution >= 4 is 29.7 Å². The Kier molecular flexibility index (Phi) is 11.2. The molecular weight excluding hydrogens is 558 g/mol. The monoisotopic (exact) mass is 597 g/mol. The van der Waals surface area contributed by atoms with Gasteiger partial charge in [0.2, 0.25) is 6.41 Å². The average Bonchev–Trinajstić information content (AvgIpc) is 3.55. The molecule has 224 valence electrons. The number of anilines is 1. The third-order valence-electron chi connectivity index (χ3n) is 7.82. The van der Waals surface area contributed by atoms with Crippen LogP contribution < -0.4 is 11.1 Å². The largest absolute Gasteiger partial charge is 0.365 e. The molecule has 1 saturated carbocycles. The fourth-order valence-corrected chi connectivity index (χ4v) is 5.86. The van der Waals surface area contributed by atoms with Crippen LogP contribution in [0.2, 0.25) is 0 Å². The summed E-state index contributed by atoms with van der Waals surface area (Å²) in [7, 11) is 0. The van der Waals surface area contributed by atoms with E-state index >= 15 is 0 Å². The quantitative estimate of drug-likeness (QED) is 0.222. The summed E-state index contributed by atoms with van der Waals surface area (Å²) in [4.78, 5) is 25.0. The molecule has 3 heterocycles. The zero-order valence-electron chi connectivity index (χ0n) is 24.8. The number of nitriles is 1. The summed E-state index contributed by atoms with van der Waals surface area (Å²) in [5, 5.41) is 18.5. The van der Waals surface area contributed by atoms with Gasteiger partial charge < -0.3 is 11.1 Å². The molecule has 0 unspecified atom stereocenters. The van der Waals surface area contributed by atoms with Crippen molar-refractivity contribution in [2.24, 2.45) is 5.73 Å². The van der Waals surface area contributed by atoms with Gasteiger partial charge in [0.25, 0.3) is 5.91 Å². The van der Waals surface area contributed by atoms with Crippen molar-refractivity contribution in [3.05, 3.63) is 89.1 Å². The van der Waals surface area contributed by atoms with Crippen molar-refractivity contribution in [3.8, 4) is 17.2 Å². The number of carbonyl (C=O) groups is 2. The van der Waals surface area contributed by atoms with Gasteiger partial charge in [0.05, 0.1) is 18.0 Å². The molecule has 1 aliphatic heterocycles. The van der Waals surface area contributed by atoms with Crippen LogP contribution in [0.4, 0.5) is 5.82 Å². The minimum atomic E-state index is -0.672. The number of likely N-dealkylation sites (tertiary alicyclic amines) is 1. The lowest BCUT2D eigenvalue weighted by atomic mass is 9.84. The molecule has 43 heavy (non-hydrogen) atoms. The number of rotatable bonds is 9. The van der Waals surface area contributed by atoms with E-state index < -0.39 is 11.4 Å². The zero-order chi connectivity index (χ0) is 30.7. The number of benzene rings is 2. The van der Waals surface area contributed by atoms with Crippen LogP contribution >= 0.6 is 11.5 Å². The van der Waals surface area contributed by atoms with E-state index in [0.717, 1.165) is 25.6 Å². The Labute approximate surface area is 257 Å². The standard InChI is InChI=1S/C25H26N6O2.C6H7NS.C2H6/c26-13-10-25(31-17-22(23(27)33)24(29-31)28-18-32)11-14-30(15-12-25)16-19-6-8-21(9-7-19)20-4-2-1-3-5-20;1-2-5(1)6-3-7-8-4-6;1-2/h1-9,17-18H,10-12,14-16H2,(H2,27,33)(H,28,29,32);3-5H,1-2H2;1-2H3. The smallest absolute Gasteiger partial charge is 0.254 e. The Morgan fingerprint density at radius 3 is 2.35 bits per heavy atom. The second-order valence-corrected chi connectivity index (χ2v) is 11.3. The number of hydrogen-bond acceptors (Lipinski definition) is 7. The van der Waals surface area contributed by atoms with Gasteiger partial charge in [0, 0.05) is 37.4 Å². The molecule has 1 saturated heterocycles. The van der Waals surface area contributed by atoms with E-state index in [1.807, 2.05) is 38.2 Å². The summed E-state index contributed by atoms with van der Waals surface area (Å²) < 4.78 is 5.67. The highest BCUT2D eigenvalue weighted by atomic mass is 32.1. The van der Waals surface area contributed by atoms with Gasteiger partial charge in [-0.1, -0.05) is 68.4 Å². The van der Waals surface area contributed by atoms with Crippen LogP contribution in [0.3, 0.4) is 0 Å². The van der Waals surface area contributed by atoms with Gasteiger partial charge in [-0.05, 0) is 65.4 Å². The van der Waals surface area contributed by atoms with Crippen LogP contribution in [0.1, 0.15) is 73.4 Å². The van der Waals surface area contributed by atoms with Crippen LogP contribution in [-0.4, -0.2) is 44.5 Å². The fraction of sp³-hybridized carbons (Fsp3) is 0.364. The predicted molar refractivity (Wildman–Crippen MR) is 170 cm³/mol.